The molecule has 0 atom stereocenters. The number of pyridine rings is 1. The third-order valence-electron chi connectivity index (χ3n) is 3.18. The SMILES string of the molecule is O=c1cc(C(F)(F)F)[nH]c(=O)n1-c1ccc(Oc2ccccc2)nc1. The van der Waals surface area contributed by atoms with Crippen molar-refractivity contribution in [2.24, 2.45) is 0 Å². The molecule has 6 nitrogen and oxygen atoms in total. The van der Waals surface area contributed by atoms with E-state index in [1.165, 1.54) is 12.1 Å². The first-order valence-corrected chi connectivity index (χ1v) is 6.97. The van der Waals surface area contributed by atoms with E-state index in [4.69, 9.17) is 4.74 Å². The number of aromatic nitrogens is 3. The minimum atomic E-state index is -4.82. The van der Waals surface area contributed by atoms with Gasteiger partial charge in [0.05, 0.1) is 11.9 Å². The van der Waals surface area contributed by atoms with Gasteiger partial charge >= 0.3 is 11.9 Å². The molecule has 25 heavy (non-hydrogen) atoms. The fraction of sp³-hybridized carbons (Fsp3) is 0.0625. The Morgan fingerprint density at radius 3 is 2.32 bits per heavy atom. The van der Waals surface area contributed by atoms with Gasteiger partial charge in [0, 0.05) is 12.1 Å². The second-order valence-corrected chi connectivity index (χ2v) is 4.93. The molecule has 0 aliphatic heterocycles. The third kappa shape index (κ3) is 3.60. The molecule has 0 saturated carbocycles. The number of aromatic amines is 1. The summed E-state index contributed by atoms with van der Waals surface area (Å²) in [7, 11) is 0. The van der Waals surface area contributed by atoms with E-state index >= 15 is 0 Å². The molecule has 0 aliphatic rings. The van der Waals surface area contributed by atoms with Gasteiger partial charge < -0.3 is 9.72 Å². The maximum absolute atomic E-state index is 12.6. The molecule has 0 saturated heterocycles. The van der Waals surface area contributed by atoms with E-state index < -0.39 is 23.1 Å². The number of H-pyrrole nitrogens is 1. The van der Waals surface area contributed by atoms with E-state index in [-0.39, 0.29) is 11.6 Å². The van der Waals surface area contributed by atoms with Crippen molar-refractivity contribution in [3.63, 3.8) is 0 Å². The van der Waals surface area contributed by atoms with Crippen LogP contribution in [0, 0.1) is 0 Å². The highest BCUT2D eigenvalue weighted by Gasteiger charge is 2.33. The molecule has 2 aromatic heterocycles. The first-order valence-electron chi connectivity index (χ1n) is 6.97. The number of hydrogen-bond donors (Lipinski definition) is 1. The Morgan fingerprint density at radius 2 is 1.76 bits per heavy atom. The van der Waals surface area contributed by atoms with Gasteiger partial charge in [-0.2, -0.15) is 13.2 Å². The Kier molecular flexibility index (Phi) is 4.14. The molecule has 9 heteroatoms. The fourth-order valence-electron chi connectivity index (χ4n) is 2.07. The molecule has 0 amide bonds. The van der Waals surface area contributed by atoms with Gasteiger partial charge in [0.2, 0.25) is 5.88 Å². The summed E-state index contributed by atoms with van der Waals surface area (Å²) in [5, 5.41) is 0. The predicted molar refractivity (Wildman–Crippen MR) is 82.0 cm³/mol. The minimum Gasteiger partial charge on any atom is -0.439 e. The zero-order chi connectivity index (χ0) is 18.0. The summed E-state index contributed by atoms with van der Waals surface area (Å²) >= 11 is 0. The van der Waals surface area contributed by atoms with E-state index in [2.05, 4.69) is 4.98 Å². The number of ether oxygens (including phenoxy) is 1. The average Bonchev–Trinajstić information content (AvgIpc) is 2.56. The van der Waals surface area contributed by atoms with E-state index in [1.807, 2.05) is 6.07 Å². The number of para-hydroxylation sites is 1. The van der Waals surface area contributed by atoms with Gasteiger partial charge in [0.15, 0.2) is 0 Å². The van der Waals surface area contributed by atoms with Crippen molar-refractivity contribution in [3.8, 4) is 17.3 Å². The lowest BCUT2D eigenvalue weighted by Crippen LogP contribution is -2.35. The van der Waals surface area contributed by atoms with Crippen LogP contribution in [0.15, 0.2) is 64.3 Å². The first-order chi connectivity index (χ1) is 11.8. The van der Waals surface area contributed by atoms with Gasteiger partial charge in [0.25, 0.3) is 5.56 Å². The molecule has 0 aliphatic carbocycles. The molecule has 0 unspecified atom stereocenters. The lowest BCUT2D eigenvalue weighted by Gasteiger charge is -2.09. The molecule has 0 fully saturated rings. The number of halogens is 3. The van der Waals surface area contributed by atoms with Crippen molar-refractivity contribution < 1.29 is 17.9 Å². The van der Waals surface area contributed by atoms with Crippen LogP contribution in [0.4, 0.5) is 13.2 Å². The van der Waals surface area contributed by atoms with Crippen LogP contribution in [0.1, 0.15) is 5.69 Å². The van der Waals surface area contributed by atoms with E-state index in [0.717, 1.165) is 6.20 Å². The summed E-state index contributed by atoms with van der Waals surface area (Å²) in [6.45, 7) is 0. The summed E-state index contributed by atoms with van der Waals surface area (Å²) in [4.78, 5) is 29.3. The lowest BCUT2D eigenvalue weighted by atomic mass is 10.3. The number of nitrogens with zero attached hydrogens (tertiary/aromatic N) is 2. The highest BCUT2D eigenvalue weighted by atomic mass is 19.4. The van der Waals surface area contributed by atoms with Gasteiger partial charge in [-0.3, -0.25) is 4.79 Å². The molecule has 0 radical (unpaired) electrons. The molecule has 3 aromatic rings. The number of benzene rings is 1. The van der Waals surface area contributed by atoms with Crippen molar-refractivity contribution >= 4 is 0 Å². The molecule has 3 rings (SSSR count). The van der Waals surface area contributed by atoms with E-state index in [1.54, 1.807) is 29.2 Å². The van der Waals surface area contributed by atoms with Crippen molar-refractivity contribution in [1.82, 2.24) is 14.5 Å². The second kappa shape index (κ2) is 6.27. The standard InChI is InChI=1S/C16H10F3N3O3/c17-16(18,19)12-8-14(23)22(15(24)21-12)10-6-7-13(20-9-10)25-11-4-2-1-3-5-11/h1-9H,(H,21,24). The van der Waals surface area contributed by atoms with Crippen LogP contribution in [0.3, 0.4) is 0 Å². The molecule has 1 N–H and O–H groups in total. The van der Waals surface area contributed by atoms with Gasteiger partial charge in [-0.15, -0.1) is 0 Å². The van der Waals surface area contributed by atoms with Gasteiger partial charge in [-0.05, 0) is 18.2 Å². The molecule has 2 heterocycles. The van der Waals surface area contributed by atoms with E-state index in [9.17, 15) is 22.8 Å². The monoisotopic (exact) mass is 349 g/mol. The smallest absolute Gasteiger partial charge is 0.431 e. The van der Waals surface area contributed by atoms with Crippen molar-refractivity contribution in [2.75, 3.05) is 0 Å². The normalized spacial score (nSPS) is 11.3. The first kappa shape index (κ1) is 16.5. The zero-order valence-corrected chi connectivity index (χ0v) is 12.4. The Bertz CT molecular complexity index is 962. The summed E-state index contributed by atoms with van der Waals surface area (Å²) in [6.07, 6.45) is -3.66. The fourth-order valence-corrected chi connectivity index (χ4v) is 2.07. The third-order valence-corrected chi connectivity index (χ3v) is 3.18. The number of nitrogens with one attached hydrogen (secondary N) is 1. The molecule has 128 valence electrons. The van der Waals surface area contributed by atoms with Gasteiger partial charge in [0.1, 0.15) is 11.4 Å². The van der Waals surface area contributed by atoms with Crippen LogP contribution in [0.25, 0.3) is 5.69 Å². The Labute approximate surface area is 138 Å². The number of hydrogen-bond acceptors (Lipinski definition) is 4. The minimum absolute atomic E-state index is 0.0142. The van der Waals surface area contributed by atoms with Crippen LogP contribution in [-0.2, 0) is 6.18 Å². The van der Waals surface area contributed by atoms with Crippen LogP contribution in [0.2, 0.25) is 0 Å². The van der Waals surface area contributed by atoms with Crippen LogP contribution in [0.5, 0.6) is 11.6 Å². The Balaban J connectivity index is 1.93. The van der Waals surface area contributed by atoms with Crippen molar-refractivity contribution in [2.45, 2.75) is 6.18 Å². The summed E-state index contributed by atoms with van der Waals surface area (Å²) in [5.74, 6) is 0.735. The van der Waals surface area contributed by atoms with Crippen molar-refractivity contribution in [1.29, 1.82) is 0 Å². The number of rotatable bonds is 3. The van der Waals surface area contributed by atoms with Crippen molar-refractivity contribution in [3.05, 3.63) is 81.3 Å². The highest BCUT2D eigenvalue weighted by molar-refractivity contribution is 5.33. The molecular weight excluding hydrogens is 339 g/mol. The molecule has 0 spiro atoms. The second-order valence-electron chi connectivity index (χ2n) is 4.93. The summed E-state index contributed by atoms with van der Waals surface area (Å²) < 4.78 is 43.8. The Morgan fingerprint density at radius 1 is 1.04 bits per heavy atom. The topological polar surface area (TPSA) is 77.0 Å². The lowest BCUT2D eigenvalue weighted by molar-refractivity contribution is -0.141. The largest absolute Gasteiger partial charge is 0.439 e. The maximum atomic E-state index is 12.6. The van der Waals surface area contributed by atoms with E-state index in [0.29, 0.717) is 16.4 Å². The average molecular weight is 349 g/mol. The zero-order valence-electron chi connectivity index (χ0n) is 12.4. The number of alkyl halides is 3. The maximum Gasteiger partial charge on any atom is 0.431 e. The molecular formula is C16H10F3N3O3. The Hall–Kier alpha value is -3.36. The van der Waals surface area contributed by atoms with Gasteiger partial charge in [-0.1, -0.05) is 18.2 Å². The van der Waals surface area contributed by atoms with Gasteiger partial charge in [-0.25, -0.2) is 14.3 Å². The quantitative estimate of drug-likeness (QED) is 0.789. The highest BCUT2D eigenvalue weighted by Crippen LogP contribution is 2.25. The molecule has 0 bridgehead atoms. The summed E-state index contributed by atoms with van der Waals surface area (Å²) in [6, 6.07) is 11.8. The predicted octanol–water partition coefficient (Wildman–Crippen LogP) is 2.73. The molecule has 1 aromatic carbocycles. The van der Waals surface area contributed by atoms with Crippen LogP contribution in [-0.4, -0.2) is 14.5 Å². The van der Waals surface area contributed by atoms with Crippen LogP contribution >= 0.6 is 0 Å². The van der Waals surface area contributed by atoms with Crippen LogP contribution < -0.4 is 16.0 Å². The summed E-state index contributed by atoms with van der Waals surface area (Å²) in [5.41, 5.74) is -3.72.